The maximum Gasteiger partial charge on any atom is 0.334 e. The van der Waals surface area contributed by atoms with Crippen molar-refractivity contribution in [2.24, 2.45) is 16.5 Å². The van der Waals surface area contributed by atoms with Crippen molar-refractivity contribution in [3.05, 3.63) is 24.3 Å². The number of nitrogens with zero attached hydrogens (tertiary/aromatic N) is 1. The van der Waals surface area contributed by atoms with E-state index in [4.69, 9.17) is 20.9 Å². The van der Waals surface area contributed by atoms with E-state index in [1.165, 1.54) is 12.2 Å². The lowest BCUT2D eigenvalue weighted by atomic mass is 9.87. The van der Waals surface area contributed by atoms with Gasteiger partial charge in [-0.25, -0.2) is 9.79 Å². The fourth-order valence-electron chi connectivity index (χ4n) is 2.87. The molecule has 10 heteroatoms. The van der Waals surface area contributed by atoms with Crippen molar-refractivity contribution in [1.29, 1.82) is 0 Å². The van der Waals surface area contributed by atoms with E-state index in [9.17, 15) is 18.4 Å². The zero-order chi connectivity index (χ0) is 21.3. The van der Waals surface area contributed by atoms with Crippen LogP contribution < -0.4 is 16.8 Å². The first-order valence-corrected chi connectivity index (χ1v) is 9.04. The molecule has 5 N–H and O–H groups in total. The van der Waals surface area contributed by atoms with Crippen LogP contribution in [0.2, 0.25) is 0 Å². The molecule has 0 aromatic carbocycles. The lowest BCUT2D eigenvalue weighted by Crippen LogP contribution is -2.55. The largest absolute Gasteiger partial charge is 0.458 e. The second-order valence-electron chi connectivity index (χ2n) is 6.28. The van der Waals surface area contributed by atoms with Gasteiger partial charge in [0.1, 0.15) is 6.61 Å². The third-order valence-corrected chi connectivity index (χ3v) is 4.24. The Hall–Kier alpha value is -2.49. The standard InChI is InChI=1S/C18H28F2N4O4/c1-4-7-27-17(26)10-8-12(23-18(21)22)14(24-16(25)15(19)20)13(9-10)28-11(5-2)6-3/h4,9,11-15H,1,5-8H2,2-3H3,(H,24,25)(H4,21,22,23)/t12-,13+,14+/m0/s1. The predicted molar refractivity (Wildman–Crippen MR) is 101 cm³/mol. The Bertz CT molecular complexity index is 617. The van der Waals surface area contributed by atoms with Crippen molar-refractivity contribution < 1.29 is 27.8 Å². The molecule has 1 aliphatic rings. The van der Waals surface area contributed by atoms with E-state index in [2.05, 4.69) is 16.9 Å². The van der Waals surface area contributed by atoms with E-state index in [1.807, 2.05) is 13.8 Å². The summed E-state index contributed by atoms with van der Waals surface area (Å²) in [7, 11) is 0. The molecule has 0 radical (unpaired) electrons. The Kier molecular flexibility index (Phi) is 9.57. The lowest BCUT2D eigenvalue weighted by molar-refractivity contribution is -0.138. The predicted octanol–water partition coefficient (Wildman–Crippen LogP) is 1.01. The fourth-order valence-corrected chi connectivity index (χ4v) is 2.87. The number of halogens is 2. The Morgan fingerprint density at radius 2 is 2.04 bits per heavy atom. The van der Waals surface area contributed by atoms with Gasteiger partial charge in [0, 0.05) is 12.0 Å². The molecule has 1 rings (SSSR count). The summed E-state index contributed by atoms with van der Waals surface area (Å²) < 4.78 is 36.6. The van der Waals surface area contributed by atoms with Crippen molar-refractivity contribution in [1.82, 2.24) is 5.32 Å². The zero-order valence-electron chi connectivity index (χ0n) is 16.1. The summed E-state index contributed by atoms with van der Waals surface area (Å²) in [6.45, 7) is 7.29. The number of aliphatic imine (C=N–C) groups is 1. The van der Waals surface area contributed by atoms with E-state index in [0.29, 0.717) is 12.8 Å². The fraction of sp³-hybridized carbons (Fsp3) is 0.611. The highest BCUT2D eigenvalue weighted by atomic mass is 19.3. The van der Waals surface area contributed by atoms with Crippen LogP contribution in [-0.2, 0) is 19.1 Å². The highest BCUT2D eigenvalue weighted by molar-refractivity contribution is 5.89. The number of carbonyl (C=O) groups excluding carboxylic acids is 2. The molecule has 0 aromatic heterocycles. The number of amides is 1. The van der Waals surface area contributed by atoms with E-state index in [0.717, 1.165) is 0 Å². The Morgan fingerprint density at radius 1 is 1.39 bits per heavy atom. The van der Waals surface area contributed by atoms with Gasteiger partial charge in [-0.05, 0) is 18.9 Å². The second-order valence-corrected chi connectivity index (χ2v) is 6.28. The summed E-state index contributed by atoms with van der Waals surface area (Å²) in [5, 5.41) is 2.24. The lowest BCUT2D eigenvalue weighted by Gasteiger charge is -2.36. The molecule has 0 spiro atoms. The molecule has 8 nitrogen and oxygen atoms in total. The number of alkyl halides is 2. The van der Waals surface area contributed by atoms with E-state index >= 15 is 0 Å². The van der Waals surface area contributed by atoms with Gasteiger partial charge in [-0.3, -0.25) is 4.79 Å². The van der Waals surface area contributed by atoms with Crippen LogP contribution in [0.15, 0.2) is 29.3 Å². The van der Waals surface area contributed by atoms with Crippen molar-refractivity contribution in [2.75, 3.05) is 6.61 Å². The molecule has 0 unspecified atom stereocenters. The van der Waals surface area contributed by atoms with Gasteiger partial charge >= 0.3 is 12.4 Å². The number of rotatable bonds is 10. The van der Waals surface area contributed by atoms with Crippen LogP contribution in [0.3, 0.4) is 0 Å². The van der Waals surface area contributed by atoms with Gasteiger partial charge in [0.05, 0.1) is 24.3 Å². The highest BCUT2D eigenvalue weighted by Crippen LogP contribution is 2.27. The van der Waals surface area contributed by atoms with Crippen molar-refractivity contribution in [3.63, 3.8) is 0 Å². The zero-order valence-corrected chi connectivity index (χ0v) is 16.1. The Balaban J connectivity index is 3.27. The molecule has 0 aromatic rings. The number of esters is 1. The third-order valence-electron chi connectivity index (χ3n) is 4.24. The van der Waals surface area contributed by atoms with Crippen molar-refractivity contribution in [2.45, 2.75) is 63.8 Å². The molecule has 0 saturated carbocycles. The Labute approximate surface area is 163 Å². The van der Waals surface area contributed by atoms with Crippen LogP contribution in [-0.4, -0.2) is 55.2 Å². The molecule has 158 valence electrons. The maximum absolute atomic E-state index is 12.8. The normalized spacial score (nSPS) is 21.8. The molecule has 0 heterocycles. The molecular formula is C18H28F2N4O4. The second kappa shape index (κ2) is 11.4. The van der Waals surface area contributed by atoms with E-state index in [-0.39, 0.29) is 30.7 Å². The number of nitrogens with two attached hydrogens (primary N) is 2. The van der Waals surface area contributed by atoms with Gasteiger partial charge in [-0.1, -0.05) is 26.5 Å². The number of hydrogen-bond donors (Lipinski definition) is 3. The molecule has 28 heavy (non-hydrogen) atoms. The van der Waals surface area contributed by atoms with Crippen LogP contribution in [0.1, 0.15) is 33.1 Å². The van der Waals surface area contributed by atoms with E-state index < -0.39 is 36.5 Å². The maximum atomic E-state index is 12.8. The topological polar surface area (TPSA) is 129 Å². The molecule has 0 fully saturated rings. The minimum absolute atomic E-state index is 0.00670. The summed E-state index contributed by atoms with van der Waals surface area (Å²) in [4.78, 5) is 27.9. The van der Waals surface area contributed by atoms with Crippen molar-refractivity contribution in [3.8, 4) is 0 Å². The quantitative estimate of drug-likeness (QED) is 0.216. The third kappa shape index (κ3) is 6.91. The molecule has 3 atom stereocenters. The summed E-state index contributed by atoms with van der Waals surface area (Å²) in [5.74, 6) is -2.39. The molecule has 1 aliphatic carbocycles. The average Bonchev–Trinajstić information content (AvgIpc) is 2.65. The monoisotopic (exact) mass is 402 g/mol. The van der Waals surface area contributed by atoms with Crippen LogP contribution in [0, 0.1) is 0 Å². The number of nitrogens with one attached hydrogen (secondary N) is 1. The SMILES string of the molecule is C=CCOC(=O)C1=C[C@@H](OC(CC)CC)[C@H](NC(=O)C(F)F)[C@@H](N=C(N)N)C1. The van der Waals surface area contributed by atoms with Crippen LogP contribution in [0.5, 0.6) is 0 Å². The number of hydrogen-bond acceptors (Lipinski definition) is 5. The smallest absolute Gasteiger partial charge is 0.334 e. The van der Waals surface area contributed by atoms with Gasteiger partial charge in [0.2, 0.25) is 0 Å². The molecule has 0 bridgehead atoms. The van der Waals surface area contributed by atoms with Gasteiger partial charge in [0.15, 0.2) is 5.96 Å². The van der Waals surface area contributed by atoms with E-state index in [1.54, 1.807) is 0 Å². The summed E-state index contributed by atoms with van der Waals surface area (Å²) in [5.41, 5.74) is 11.1. The molecule has 0 saturated heterocycles. The highest BCUT2D eigenvalue weighted by Gasteiger charge is 2.39. The molecular weight excluding hydrogens is 374 g/mol. The first-order chi connectivity index (χ1) is 13.2. The number of carbonyl (C=O) groups is 2. The summed E-state index contributed by atoms with van der Waals surface area (Å²) >= 11 is 0. The van der Waals surface area contributed by atoms with Crippen LogP contribution in [0.25, 0.3) is 0 Å². The first-order valence-electron chi connectivity index (χ1n) is 9.04. The van der Waals surface area contributed by atoms with Crippen molar-refractivity contribution >= 4 is 17.8 Å². The van der Waals surface area contributed by atoms with Crippen LogP contribution in [0.4, 0.5) is 8.78 Å². The molecule has 0 aliphatic heterocycles. The van der Waals surface area contributed by atoms with Gasteiger partial charge in [-0.15, -0.1) is 0 Å². The summed E-state index contributed by atoms with van der Waals surface area (Å²) in [6, 6.07) is -1.84. The number of ether oxygens (including phenoxy) is 2. The Morgan fingerprint density at radius 3 is 2.54 bits per heavy atom. The van der Waals surface area contributed by atoms with Crippen LogP contribution >= 0.6 is 0 Å². The summed E-state index contributed by atoms with van der Waals surface area (Å²) in [6.07, 6.45) is -0.130. The molecule has 1 amide bonds. The minimum atomic E-state index is -3.21. The van der Waals surface area contributed by atoms with Gasteiger partial charge < -0.3 is 26.3 Å². The number of guanidine groups is 1. The van der Waals surface area contributed by atoms with Gasteiger partial charge in [0.25, 0.3) is 5.91 Å². The minimum Gasteiger partial charge on any atom is -0.458 e. The average molecular weight is 402 g/mol. The first kappa shape index (κ1) is 23.5. The van der Waals surface area contributed by atoms with Gasteiger partial charge in [-0.2, -0.15) is 8.78 Å².